The van der Waals surface area contributed by atoms with Crippen LogP contribution in [0.15, 0.2) is 33.5 Å². The van der Waals surface area contributed by atoms with Crippen LogP contribution in [-0.2, 0) is 0 Å². The molecule has 0 unspecified atom stereocenters. The summed E-state index contributed by atoms with van der Waals surface area (Å²) >= 11 is 3.42. The minimum Gasteiger partial charge on any atom is -0.493 e. The third kappa shape index (κ3) is 3.49. The van der Waals surface area contributed by atoms with E-state index in [4.69, 9.17) is 18.9 Å². The molecule has 9 heteroatoms. The number of carboxylic acids is 1. The molecule has 29 heavy (non-hydrogen) atoms. The van der Waals surface area contributed by atoms with E-state index in [0.717, 1.165) is 0 Å². The maximum Gasteiger partial charge on any atom is 0.353 e. The van der Waals surface area contributed by atoms with Crippen molar-refractivity contribution in [3.05, 3.63) is 44.8 Å². The van der Waals surface area contributed by atoms with E-state index in [2.05, 4.69) is 20.9 Å². The number of hydrogen-bond donors (Lipinski definition) is 2. The van der Waals surface area contributed by atoms with Gasteiger partial charge in [0.1, 0.15) is 5.69 Å². The molecule has 152 valence electrons. The van der Waals surface area contributed by atoms with Crippen molar-refractivity contribution in [3.63, 3.8) is 0 Å². The average Bonchev–Trinajstić information content (AvgIpc) is 2.71. The smallest absolute Gasteiger partial charge is 0.353 e. The Bertz CT molecular complexity index is 1170. The van der Waals surface area contributed by atoms with Crippen LogP contribution in [-0.4, -0.2) is 44.5 Å². The van der Waals surface area contributed by atoms with Gasteiger partial charge in [0.2, 0.25) is 0 Å². The van der Waals surface area contributed by atoms with Gasteiger partial charge in [0.15, 0.2) is 23.0 Å². The van der Waals surface area contributed by atoms with Gasteiger partial charge in [0.25, 0.3) is 5.56 Å². The summed E-state index contributed by atoms with van der Waals surface area (Å²) in [4.78, 5) is 27.0. The van der Waals surface area contributed by atoms with E-state index < -0.39 is 11.5 Å². The number of ether oxygens (including phenoxy) is 4. The summed E-state index contributed by atoms with van der Waals surface area (Å²) in [5, 5.41) is 10.4. The lowest BCUT2D eigenvalue weighted by Crippen LogP contribution is -2.15. The predicted octanol–water partition coefficient (Wildman–Crippen LogP) is 3.69. The number of nitrogens with one attached hydrogen (secondary N) is 1. The summed E-state index contributed by atoms with van der Waals surface area (Å²) in [6, 6.07) is 6.42. The van der Waals surface area contributed by atoms with Crippen LogP contribution in [0, 0.1) is 0 Å². The molecule has 0 saturated carbocycles. The van der Waals surface area contributed by atoms with Crippen LogP contribution in [0.4, 0.5) is 0 Å². The summed E-state index contributed by atoms with van der Waals surface area (Å²) < 4.78 is 21.9. The molecule has 0 amide bonds. The van der Waals surface area contributed by atoms with Crippen molar-refractivity contribution in [3.8, 4) is 34.1 Å². The van der Waals surface area contributed by atoms with E-state index >= 15 is 0 Å². The average molecular weight is 464 g/mol. The van der Waals surface area contributed by atoms with E-state index in [1.807, 2.05) is 0 Å². The van der Waals surface area contributed by atoms with Gasteiger partial charge in [-0.15, -0.1) is 0 Å². The van der Waals surface area contributed by atoms with Gasteiger partial charge in [-0.05, 0) is 45.8 Å². The Morgan fingerprint density at radius 2 is 1.48 bits per heavy atom. The van der Waals surface area contributed by atoms with Gasteiger partial charge in [0.05, 0.1) is 38.3 Å². The lowest BCUT2D eigenvalue weighted by atomic mass is 9.96. The second kappa shape index (κ2) is 8.04. The number of aromatic amines is 1. The standard InChI is InChI=1S/C20H18BrNO7/c1-26-13-7-10-11(8-14(13)27-2)19(23)22-17(20(24)25)16(10)9-5-12(21)18(29-4)15(6-9)28-3/h5-8H,1-4H3,(H,22,23)(H,24,25). The monoisotopic (exact) mass is 463 g/mol. The van der Waals surface area contributed by atoms with Crippen molar-refractivity contribution in [2.45, 2.75) is 0 Å². The predicted molar refractivity (Wildman–Crippen MR) is 111 cm³/mol. The largest absolute Gasteiger partial charge is 0.493 e. The van der Waals surface area contributed by atoms with Crippen LogP contribution < -0.4 is 24.5 Å². The van der Waals surface area contributed by atoms with Gasteiger partial charge in [-0.2, -0.15) is 0 Å². The summed E-state index contributed by atoms with van der Waals surface area (Å²) in [7, 11) is 5.89. The molecule has 1 aromatic heterocycles. The van der Waals surface area contributed by atoms with Gasteiger partial charge in [-0.3, -0.25) is 4.79 Å². The van der Waals surface area contributed by atoms with Crippen molar-refractivity contribution in [2.75, 3.05) is 28.4 Å². The van der Waals surface area contributed by atoms with Crippen molar-refractivity contribution in [1.29, 1.82) is 0 Å². The van der Waals surface area contributed by atoms with Gasteiger partial charge in [-0.1, -0.05) is 0 Å². The molecule has 0 spiro atoms. The number of H-pyrrole nitrogens is 1. The summed E-state index contributed by atoms with van der Waals surface area (Å²) in [6.07, 6.45) is 0. The Balaban J connectivity index is 2.50. The number of hydrogen-bond acceptors (Lipinski definition) is 6. The minimum absolute atomic E-state index is 0.256. The zero-order chi connectivity index (χ0) is 21.3. The van der Waals surface area contributed by atoms with E-state index in [9.17, 15) is 14.7 Å². The molecule has 0 atom stereocenters. The van der Waals surface area contributed by atoms with E-state index in [0.29, 0.717) is 44.0 Å². The van der Waals surface area contributed by atoms with Crippen LogP contribution in [0.1, 0.15) is 10.5 Å². The first-order chi connectivity index (χ1) is 13.9. The Morgan fingerprint density at radius 3 is 2.00 bits per heavy atom. The topological polar surface area (TPSA) is 107 Å². The SMILES string of the molecule is COc1cc2c(-c3cc(Br)c(OC)c(OC)c3)c(C(=O)O)[nH]c(=O)c2cc1OC. The molecule has 2 N–H and O–H groups in total. The molecule has 3 rings (SSSR count). The molecule has 0 aliphatic carbocycles. The fourth-order valence-electron chi connectivity index (χ4n) is 3.17. The van der Waals surface area contributed by atoms with Crippen LogP contribution in [0.5, 0.6) is 23.0 Å². The van der Waals surface area contributed by atoms with Crippen LogP contribution in [0.3, 0.4) is 0 Å². The number of fused-ring (bicyclic) bond motifs is 1. The normalized spacial score (nSPS) is 10.7. The third-order valence-corrected chi connectivity index (χ3v) is 5.05. The molecule has 0 aliphatic rings. The number of pyridine rings is 1. The number of benzene rings is 2. The number of aromatic carboxylic acids is 1. The Kier molecular flexibility index (Phi) is 5.69. The number of rotatable bonds is 6. The fourth-order valence-corrected chi connectivity index (χ4v) is 3.78. The number of methoxy groups -OCH3 is 4. The van der Waals surface area contributed by atoms with Crippen LogP contribution in [0.25, 0.3) is 21.9 Å². The Morgan fingerprint density at radius 1 is 0.897 bits per heavy atom. The van der Waals surface area contributed by atoms with E-state index in [1.54, 1.807) is 18.2 Å². The molecule has 0 bridgehead atoms. The lowest BCUT2D eigenvalue weighted by Gasteiger charge is -2.16. The number of carbonyl (C=O) groups is 1. The zero-order valence-electron chi connectivity index (χ0n) is 16.1. The zero-order valence-corrected chi connectivity index (χ0v) is 17.7. The first-order valence-corrected chi connectivity index (χ1v) is 9.12. The minimum atomic E-state index is -1.28. The molecule has 0 fully saturated rings. The second-order valence-electron chi connectivity index (χ2n) is 5.96. The third-order valence-electron chi connectivity index (χ3n) is 4.46. The van der Waals surface area contributed by atoms with Gasteiger partial charge >= 0.3 is 5.97 Å². The molecule has 2 aromatic carbocycles. The number of halogens is 1. The maximum atomic E-state index is 12.6. The number of aromatic nitrogens is 1. The van der Waals surface area contributed by atoms with Gasteiger partial charge in [-0.25, -0.2) is 4.79 Å². The van der Waals surface area contributed by atoms with Crippen LogP contribution in [0.2, 0.25) is 0 Å². The van der Waals surface area contributed by atoms with Gasteiger partial charge < -0.3 is 29.0 Å². The highest BCUT2D eigenvalue weighted by atomic mass is 79.9. The molecule has 0 aliphatic heterocycles. The summed E-state index contributed by atoms with van der Waals surface area (Å²) in [6.45, 7) is 0. The van der Waals surface area contributed by atoms with E-state index in [-0.39, 0.29) is 11.1 Å². The Hall–Kier alpha value is -3.20. The first kappa shape index (κ1) is 20.5. The van der Waals surface area contributed by atoms with Crippen molar-refractivity contribution in [2.24, 2.45) is 0 Å². The molecule has 3 aromatic rings. The highest BCUT2D eigenvalue weighted by Crippen LogP contribution is 2.43. The molecular weight excluding hydrogens is 446 g/mol. The highest BCUT2D eigenvalue weighted by molar-refractivity contribution is 9.10. The van der Waals surface area contributed by atoms with Gasteiger partial charge in [0, 0.05) is 10.9 Å². The summed E-state index contributed by atoms with van der Waals surface area (Å²) in [5.41, 5.74) is -0.00872. The van der Waals surface area contributed by atoms with Crippen molar-refractivity contribution < 1.29 is 28.8 Å². The van der Waals surface area contributed by atoms with Crippen molar-refractivity contribution >= 4 is 32.7 Å². The first-order valence-electron chi connectivity index (χ1n) is 8.33. The summed E-state index contributed by atoms with van der Waals surface area (Å²) in [5.74, 6) is 0.296. The fraction of sp³-hybridized carbons (Fsp3) is 0.200. The highest BCUT2D eigenvalue weighted by Gasteiger charge is 2.22. The quantitative estimate of drug-likeness (QED) is 0.573. The van der Waals surface area contributed by atoms with Crippen molar-refractivity contribution in [1.82, 2.24) is 4.98 Å². The molecule has 8 nitrogen and oxygen atoms in total. The number of carboxylic acid groups (broad SMARTS) is 1. The molecular formula is C20H18BrNO7. The second-order valence-corrected chi connectivity index (χ2v) is 6.81. The maximum absolute atomic E-state index is 12.6. The lowest BCUT2D eigenvalue weighted by molar-refractivity contribution is 0.0691. The van der Waals surface area contributed by atoms with E-state index in [1.165, 1.54) is 34.5 Å². The molecule has 0 saturated heterocycles. The molecule has 1 heterocycles. The molecule has 0 radical (unpaired) electrons. The Labute approximate surface area is 174 Å². The van der Waals surface area contributed by atoms with Crippen LogP contribution >= 0.6 is 15.9 Å².